The Bertz CT molecular complexity index is 1400. The van der Waals surface area contributed by atoms with E-state index in [2.05, 4.69) is 28.1 Å². The summed E-state index contributed by atoms with van der Waals surface area (Å²) in [6.07, 6.45) is 13.1. The van der Waals surface area contributed by atoms with Crippen molar-refractivity contribution < 1.29 is 19.8 Å². The minimum atomic E-state index is -1.64. The monoisotopic (exact) mass is 485 g/mol. The first-order valence-electron chi connectivity index (χ1n) is 12.7. The number of ketones is 1. The predicted molar refractivity (Wildman–Crippen MR) is 136 cm³/mol. The molecule has 0 bridgehead atoms. The van der Waals surface area contributed by atoms with Gasteiger partial charge in [0.1, 0.15) is 5.60 Å². The maximum atomic E-state index is 13.6. The molecule has 3 saturated carbocycles. The maximum Gasteiger partial charge on any atom is 0.259 e. The van der Waals surface area contributed by atoms with Gasteiger partial charge in [-0.3, -0.25) is 14.9 Å². The Morgan fingerprint density at radius 2 is 2.11 bits per heavy atom. The van der Waals surface area contributed by atoms with Gasteiger partial charge in [0, 0.05) is 22.3 Å². The molecule has 1 aromatic heterocycles. The Labute approximate surface area is 210 Å². The number of hydrogen-bond donors (Lipinski definition) is 4. The lowest BCUT2D eigenvalue weighted by atomic mass is 9.46. The van der Waals surface area contributed by atoms with Crippen LogP contribution in [0, 0.1) is 40.9 Å². The van der Waals surface area contributed by atoms with E-state index in [1.165, 1.54) is 0 Å². The van der Waals surface area contributed by atoms with Crippen LogP contribution < -0.4 is 5.32 Å². The van der Waals surface area contributed by atoms with Gasteiger partial charge in [-0.05, 0) is 74.3 Å². The normalized spacial score (nSPS) is 39.1. The molecule has 7 nitrogen and oxygen atoms in total. The lowest BCUT2D eigenvalue weighted by molar-refractivity contribution is -0.174. The molecule has 1 aromatic carbocycles. The van der Waals surface area contributed by atoms with Crippen LogP contribution >= 0.6 is 0 Å². The van der Waals surface area contributed by atoms with Gasteiger partial charge in [-0.2, -0.15) is 0 Å². The molecule has 4 N–H and O–H groups in total. The van der Waals surface area contributed by atoms with Gasteiger partial charge in [0.25, 0.3) is 5.91 Å². The Balaban J connectivity index is 1.29. The van der Waals surface area contributed by atoms with Crippen LogP contribution in [-0.4, -0.2) is 43.6 Å². The molecule has 4 aliphatic carbocycles. The second kappa shape index (κ2) is 7.64. The van der Waals surface area contributed by atoms with Crippen LogP contribution in [-0.2, 0) is 9.59 Å². The van der Waals surface area contributed by atoms with Gasteiger partial charge in [0.2, 0.25) is 5.95 Å². The van der Waals surface area contributed by atoms with Crippen LogP contribution in [0.2, 0.25) is 0 Å². The molecule has 3 fully saturated rings. The molecular formula is C29H31N3O4. The Morgan fingerprint density at radius 3 is 2.89 bits per heavy atom. The average Bonchev–Trinajstić information content (AvgIpc) is 3.36. The van der Waals surface area contributed by atoms with Crippen LogP contribution in [0.1, 0.15) is 51.5 Å². The molecule has 7 atom stereocenters. The van der Waals surface area contributed by atoms with E-state index in [1.54, 1.807) is 30.4 Å². The highest BCUT2D eigenvalue weighted by atomic mass is 16.3. The fourth-order valence-electron chi connectivity index (χ4n) is 8.07. The summed E-state index contributed by atoms with van der Waals surface area (Å²) in [5.74, 6) is 2.53. The number of nitrogens with zero attached hydrogens (tertiary/aromatic N) is 1. The van der Waals surface area contributed by atoms with Gasteiger partial charge >= 0.3 is 0 Å². The van der Waals surface area contributed by atoms with Crippen molar-refractivity contribution in [1.82, 2.24) is 9.97 Å². The zero-order valence-electron chi connectivity index (χ0n) is 20.5. The number of terminal acetylenes is 1. The van der Waals surface area contributed by atoms with Crippen molar-refractivity contribution in [2.75, 3.05) is 5.32 Å². The van der Waals surface area contributed by atoms with Gasteiger partial charge < -0.3 is 15.2 Å². The number of aliphatic hydroxyl groups is 2. The number of allylic oxidation sites excluding steroid dienone is 4. The summed E-state index contributed by atoms with van der Waals surface area (Å²) in [6, 6.07) is 5.36. The van der Waals surface area contributed by atoms with E-state index in [4.69, 9.17) is 6.42 Å². The number of nitrogens with one attached hydrogen (secondary N) is 2. The molecule has 2 aromatic rings. The smallest absolute Gasteiger partial charge is 0.259 e. The van der Waals surface area contributed by atoms with Crippen molar-refractivity contribution in [2.24, 2.45) is 28.6 Å². The van der Waals surface area contributed by atoms with E-state index in [0.29, 0.717) is 35.9 Å². The third-order valence-corrected chi connectivity index (χ3v) is 9.90. The highest BCUT2D eigenvalue weighted by Gasteiger charge is 2.68. The van der Waals surface area contributed by atoms with Crippen molar-refractivity contribution in [1.29, 1.82) is 0 Å². The molecule has 4 aliphatic rings. The average molecular weight is 486 g/mol. The number of H-pyrrole nitrogens is 1. The topological polar surface area (TPSA) is 115 Å². The van der Waals surface area contributed by atoms with Crippen LogP contribution in [0.4, 0.5) is 5.95 Å². The minimum Gasteiger partial charge on any atom is -0.393 e. The minimum absolute atomic E-state index is 0.00377. The predicted octanol–water partition coefficient (Wildman–Crippen LogP) is 3.49. The number of carbonyl (C=O) groups is 2. The van der Waals surface area contributed by atoms with Crippen molar-refractivity contribution in [3.05, 3.63) is 47.6 Å². The van der Waals surface area contributed by atoms with E-state index >= 15 is 0 Å². The number of rotatable bonds is 2. The highest BCUT2D eigenvalue weighted by Crippen LogP contribution is 2.67. The molecule has 1 heterocycles. The molecule has 7 heteroatoms. The largest absolute Gasteiger partial charge is 0.393 e. The highest BCUT2D eigenvalue weighted by molar-refractivity contribution is 6.01. The second-order valence-electron chi connectivity index (χ2n) is 11.5. The van der Waals surface area contributed by atoms with E-state index < -0.39 is 23.0 Å². The SMILES string of the molecule is C#Cc1ccc2nc(NC(=O)[C@@]3(O)CCC4C5CCC6=CC(=O)C=CC6(C)C5C(O)CC43C)[nH]c2c1. The quantitative estimate of drug-likeness (QED) is 0.486. The summed E-state index contributed by atoms with van der Waals surface area (Å²) in [4.78, 5) is 33.1. The number of imidazole rings is 1. The molecule has 186 valence electrons. The van der Waals surface area contributed by atoms with Crippen LogP contribution in [0.3, 0.4) is 0 Å². The second-order valence-corrected chi connectivity index (χ2v) is 11.5. The van der Waals surface area contributed by atoms with Gasteiger partial charge in [-0.15, -0.1) is 6.42 Å². The molecule has 0 saturated heterocycles. The Morgan fingerprint density at radius 1 is 1.31 bits per heavy atom. The van der Waals surface area contributed by atoms with Crippen LogP contribution in [0.15, 0.2) is 42.0 Å². The fourth-order valence-corrected chi connectivity index (χ4v) is 8.07. The van der Waals surface area contributed by atoms with Gasteiger partial charge in [-0.25, -0.2) is 4.98 Å². The van der Waals surface area contributed by atoms with E-state index in [9.17, 15) is 19.8 Å². The third-order valence-electron chi connectivity index (χ3n) is 9.90. The summed E-state index contributed by atoms with van der Waals surface area (Å²) in [5, 5.41) is 26.2. The Kier molecular flexibility index (Phi) is 4.93. The molecular weight excluding hydrogens is 454 g/mol. The zero-order valence-corrected chi connectivity index (χ0v) is 20.5. The first-order chi connectivity index (χ1) is 17.1. The molecule has 6 rings (SSSR count). The standard InChI is InChI=1S/C29H31N3O4/c1-4-16-5-8-21-22(13-16)31-26(30-21)32-25(35)29(36)12-10-20-19-7-6-17-14-18(33)9-11-27(17,2)24(19)23(34)15-28(20,29)3/h1,5,8-9,11,13-14,19-20,23-24,34,36H,6-7,10,12,15H2,2-3H3,(H2,30,31,32,35)/t19?,20?,23?,24?,27?,28?,29-/m0/s1. The van der Waals surface area contributed by atoms with Gasteiger partial charge in [0.05, 0.1) is 17.1 Å². The molecule has 36 heavy (non-hydrogen) atoms. The zero-order chi connectivity index (χ0) is 25.5. The number of amides is 1. The van der Waals surface area contributed by atoms with Crippen LogP contribution in [0.5, 0.6) is 0 Å². The van der Waals surface area contributed by atoms with Crippen LogP contribution in [0.25, 0.3) is 11.0 Å². The number of benzene rings is 1. The van der Waals surface area contributed by atoms with E-state index in [1.807, 2.05) is 13.0 Å². The summed E-state index contributed by atoms with van der Waals surface area (Å²) in [5.41, 5.74) is 0.359. The van der Waals surface area contributed by atoms with E-state index in [0.717, 1.165) is 18.4 Å². The van der Waals surface area contributed by atoms with Crippen molar-refractivity contribution in [3.63, 3.8) is 0 Å². The number of fused-ring (bicyclic) bond motifs is 6. The van der Waals surface area contributed by atoms with Gasteiger partial charge in [-0.1, -0.05) is 31.4 Å². The lowest BCUT2D eigenvalue weighted by Gasteiger charge is -2.59. The number of carbonyl (C=O) groups excluding carboxylic acids is 2. The summed E-state index contributed by atoms with van der Waals surface area (Å²) in [6.45, 7) is 4.07. The number of aromatic amines is 1. The Hall–Kier alpha value is -3.21. The van der Waals surface area contributed by atoms with E-state index in [-0.39, 0.29) is 34.9 Å². The number of aromatic nitrogens is 2. The molecule has 6 unspecified atom stereocenters. The number of aliphatic hydroxyl groups excluding tert-OH is 1. The number of anilines is 1. The third kappa shape index (κ3) is 3.04. The van der Waals surface area contributed by atoms with Crippen molar-refractivity contribution >= 4 is 28.7 Å². The molecule has 0 aliphatic heterocycles. The first-order valence-corrected chi connectivity index (χ1v) is 12.7. The molecule has 1 amide bonds. The van der Waals surface area contributed by atoms with Gasteiger partial charge in [0.15, 0.2) is 5.78 Å². The molecule has 0 spiro atoms. The van der Waals surface area contributed by atoms with Crippen molar-refractivity contribution in [2.45, 2.75) is 57.7 Å². The van der Waals surface area contributed by atoms with Crippen molar-refractivity contribution in [3.8, 4) is 12.3 Å². The summed E-state index contributed by atoms with van der Waals surface area (Å²) < 4.78 is 0. The number of hydrogen-bond acceptors (Lipinski definition) is 5. The fraction of sp³-hybridized carbons (Fsp3) is 0.483. The molecule has 0 radical (unpaired) electrons. The summed E-state index contributed by atoms with van der Waals surface area (Å²) >= 11 is 0. The first kappa shape index (κ1) is 23.2. The maximum absolute atomic E-state index is 13.6. The summed E-state index contributed by atoms with van der Waals surface area (Å²) in [7, 11) is 0. The lowest BCUT2D eigenvalue weighted by Crippen LogP contribution is -2.62.